The number of hydrogen-bond acceptors (Lipinski definition) is 2. The fourth-order valence-corrected chi connectivity index (χ4v) is 2.00. The van der Waals surface area contributed by atoms with Crippen molar-refractivity contribution in [1.82, 2.24) is 4.90 Å². The summed E-state index contributed by atoms with van der Waals surface area (Å²) in [6.45, 7) is 10.9. The predicted octanol–water partition coefficient (Wildman–Crippen LogP) is 3.04. The van der Waals surface area contributed by atoms with E-state index in [-0.39, 0.29) is 11.7 Å². The van der Waals surface area contributed by atoms with Crippen molar-refractivity contribution >= 4 is 6.09 Å². The Balaban J connectivity index is 2.53. The Kier molecular flexibility index (Phi) is 3.63. The summed E-state index contributed by atoms with van der Waals surface area (Å²) >= 11 is 0. The topological polar surface area (TPSA) is 29.5 Å². The zero-order valence-corrected chi connectivity index (χ0v) is 10.5. The normalized spacial score (nSPS) is 27.7. The quantitative estimate of drug-likeness (QED) is 0.619. The molecular formula is C12H23NO2. The van der Waals surface area contributed by atoms with Gasteiger partial charge in [0.25, 0.3) is 0 Å². The van der Waals surface area contributed by atoms with Crippen LogP contribution in [0.4, 0.5) is 4.79 Å². The Morgan fingerprint density at radius 3 is 2.40 bits per heavy atom. The average molecular weight is 213 g/mol. The van der Waals surface area contributed by atoms with Gasteiger partial charge >= 0.3 is 6.09 Å². The van der Waals surface area contributed by atoms with Crippen molar-refractivity contribution in [1.29, 1.82) is 0 Å². The summed E-state index contributed by atoms with van der Waals surface area (Å²) in [7, 11) is 0. The van der Waals surface area contributed by atoms with Crippen LogP contribution in [0.25, 0.3) is 0 Å². The van der Waals surface area contributed by atoms with E-state index in [1.807, 2.05) is 25.7 Å². The van der Waals surface area contributed by atoms with Crippen molar-refractivity contribution in [2.75, 3.05) is 6.54 Å². The maximum atomic E-state index is 11.8. The van der Waals surface area contributed by atoms with Crippen LogP contribution >= 0.6 is 0 Å². The second-order valence-corrected chi connectivity index (χ2v) is 5.65. The summed E-state index contributed by atoms with van der Waals surface area (Å²) < 4.78 is 5.37. The molecule has 0 N–H and O–H groups in total. The highest BCUT2D eigenvalue weighted by Crippen LogP contribution is 2.23. The zero-order chi connectivity index (χ0) is 11.6. The Labute approximate surface area is 92.8 Å². The van der Waals surface area contributed by atoms with Crippen molar-refractivity contribution in [3.8, 4) is 0 Å². The molecule has 0 aromatic heterocycles. The number of rotatable bonds is 0. The Bertz CT molecular complexity index is 232. The summed E-state index contributed by atoms with van der Waals surface area (Å²) in [5, 5.41) is 0. The van der Waals surface area contributed by atoms with E-state index in [0.717, 1.165) is 25.3 Å². The smallest absolute Gasteiger partial charge is 0.410 e. The maximum absolute atomic E-state index is 11.8. The molecule has 0 radical (unpaired) electrons. The molecular weight excluding hydrogens is 190 g/mol. The molecule has 1 aliphatic rings. The number of carbonyl (C=O) groups excluding carboxylic acids is 1. The summed E-state index contributed by atoms with van der Waals surface area (Å²) in [4.78, 5) is 13.7. The van der Waals surface area contributed by atoms with Crippen molar-refractivity contribution < 1.29 is 9.53 Å². The van der Waals surface area contributed by atoms with Gasteiger partial charge in [-0.2, -0.15) is 0 Å². The largest absolute Gasteiger partial charge is 0.444 e. The van der Waals surface area contributed by atoms with Gasteiger partial charge in [0, 0.05) is 12.6 Å². The number of piperidine rings is 1. The number of ether oxygens (including phenoxy) is 1. The van der Waals surface area contributed by atoms with Crippen LogP contribution in [-0.4, -0.2) is 29.2 Å². The van der Waals surface area contributed by atoms with Crippen LogP contribution in [0.5, 0.6) is 0 Å². The molecule has 1 rings (SSSR count). The van der Waals surface area contributed by atoms with E-state index in [4.69, 9.17) is 4.74 Å². The van der Waals surface area contributed by atoms with Gasteiger partial charge in [0.15, 0.2) is 0 Å². The van der Waals surface area contributed by atoms with E-state index in [1.165, 1.54) is 0 Å². The number of likely N-dealkylation sites (tertiary alicyclic amines) is 1. The highest BCUT2D eigenvalue weighted by molar-refractivity contribution is 5.68. The second-order valence-electron chi connectivity index (χ2n) is 5.65. The molecule has 1 fully saturated rings. The minimum absolute atomic E-state index is 0.165. The van der Waals surface area contributed by atoms with Gasteiger partial charge in [-0.3, -0.25) is 0 Å². The molecule has 0 aromatic carbocycles. The van der Waals surface area contributed by atoms with Gasteiger partial charge < -0.3 is 9.64 Å². The van der Waals surface area contributed by atoms with E-state index >= 15 is 0 Å². The van der Waals surface area contributed by atoms with Gasteiger partial charge in [-0.15, -0.1) is 0 Å². The third-order valence-corrected chi connectivity index (χ3v) is 2.77. The third-order valence-electron chi connectivity index (χ3n) is 2.77. The third kappa shape index (κ3) is 3.73. The zero-order valence-electron chi connectivity index (χ0n) is 10.5. The standard InChI is InChI=1S/C12H23NO2/c1-9-6-7-13(10(2)8-9)11(14)15-12(3,4)5/h9-10H,6-8H2,1-5H3/t9-,10+/m1/s1. The molecule has 0 unspecified atom stereocenters. The molecule has 1 amide bonds. The van der Waals surface area contributed by atoms with Gasteiger partial charge in [-0.1, -0.05) is 6.92 Å². The Morgan fingerprint density at radius 2 is 1.93 bits per heavy atom. The Morgan fingerprint density at radius 1 is 1.33 bits per heavy atom. The molecule has 1 saturated heterocycles. The lowest BCUT2D eigenvalue weighted by molar-refractivity contribution is 0.00806. The first-order valence-corrected chi connectivity index (χ1v) is 5.79. The molecule has 0 saturated carbocycles. The van der Waals surface area contributed by atoms with Crippen LogP contribution in [0.15, 0.2) is 0 Å². The van der Waals surface area contributed by atoms with E-state index < -0.39 is 0 Å². The van der Waals surface area contributed by atoms with Crippen molar-refractivity contribution in [2.24, 2.45) is 5.92 Å². The van der Waals surface area contributed by atoms with E-state index in [2.05, 4.69) is 13.8 Å². The molecule has 15 heavy (non-hydrogen) atoms. The number of carbonyl (C=O) groups is 1. The number of hydrogen-bond donors (Lipinski definition) is 0. The first-order valence-electron chi connectivity index (χ1n) is 5.79. The molecule has 88 valence electrons. The SMILES string of the molecule is C[C@@H]1CCN(C(=O)OC(C)(C)C)[C@@H](C)C1. The number of nitrogens with zero attached hydrogens (tertiary/aromatic N) is 1. The fourth-order valence-electron chi connectivity index (χ4n) is 2.00. The molecule has 0 aromatic rings. The van der Waals surface area contributed by atoms with E-state index in [1.54, 1.807) is 0 Å². The molecule has 0 bridgehead atoms. The summed E-state index contributed by atoms with van der Waals surface area (Å²) in [6.07, 6.45) is 2.00. The summed E-state index contributed by atoms with van der Waals surface area (Å²) in [5.41, 5.74) is -0.389. The highest BCUT2D eigenvalue weighted by Gasteiger charge is 2.29. The molecule has 1 aliphatic heterocycles. The maximum Gasteiger partial charge on any atom is 0.410 e. The molecule has 1 heterocycles. The fraction of sp³-hybridized carbons (Fsp3) is 0.917. The second kappa shape index (κ2) is 4.42. The minimum atomic E-state index is -0.389. The lowest BCUT2D eigenvalue weighted by Crippen LogP contribution is -2.46. The first kappa shape index (κ1) is 12.3. The lowest BCUT2D eigenvalue weighted by atomic mass is 9.94. The molecule has 3 nitrogen and oxygen atoms in total. The van der Waals surface area contributed by atoms with Crippen LogP contribution in [0.3, 0.4) is 0 Å². The van der Waals surface area contributed by atoms with E-state index in [0.29, 0.717) is 6.04 Å². The Hall–Kier alpha value is -0.730. The first-order chi connectivity index (χ1) is 6.79. The number of amides is 1. The van der Waals surface area contributed by atoms with E-state index in [9.17, 15) is 4.79 Å². The van der Waals surface area contributed by atoms with Crippen LogP contribution < -0.4 is 0 Å². The van der Waals surface area contributed by atoms with Gasteiger partial charge in [0.2, 0.25) is 0 Å². The van der Waals surface area contributed by atoms with Gasteiger partial charge in [0.05, 0.1) is 0 Å². The average Bonchev–Trinajstić information content (AvgIpc) is 1.99. The van der Waals surface area contributed by atoms with Gasteiger partial charge in [-0.05, 0) is 46.5 Å². The summed E-state index contributed by atoms with van der Waals surface area (Å²) in [6, 6.07) is 0.309. The van der Waals surface area contributed by atoms with Gasteiger partial charge in [0.1, 0.15) is 5.60 Å². The van der Waals surface area contributed by atoms with Crippen LogP contribution in [0.2, 0.25) is 0 Å². The molecule has 2 atom stereocenters. The predicted molar refractivity (Wildman–Crippen MR) is 60.8 cm³/mol. The minimum Gasteiger partial charge on any atom is -0.444 e. The molecule has 0 aliphatic carbocycles. The van der Waals surface area contributed by atoms with Crippen LogP contribution in [0, 0.1) is 5.92 Å². The highest BCUT2D eigenvalue weighted by atomic mass is 16.6. The molecule has 3 heteroatoms. The lowest BCUT2D eigenvalue weighted by Gasteiger charge is -2.37. The van der Waals surface area contributed by atoms with Crippen molar-refractivity contribution in [3.63, 3.8) is 0 Å². The van der Waals surface area contributed by atoms with Gasteiger partial charge in [-0.25, -0.2) is 4.79 Å². The molecule has 0 spiro atoms. The van der Waals surface area contributed by atoms with Crippen LogP contribution in [-0.2, 0) is 4.74 Å². The van der Waals surface area contributed by atoms with Crippen LogP contribution in [0.1, 0.15) is 47.5 Å². The monoisotopic (exact) mass is 213 g/mol. The van der Waals surface area contributed by atoms with Crippen molar-refractivity contribution in [3.05, 3.63) is 0 Å². The summed E-state index contributed by atoms with van der Waals surface area (Å²) in [5.74, 6) is 0.721. The van der Waals surface area contributed by atoms with Crippen molar-refractivity contribution in [2.45, 2.75) is 59.1 Å².